The lowest BCUT2D eigenvalue weighted by Gasteiger charge is -2.18. The number of allylic oxidation sites excluding steroid dienone is 3. The summed E-state index contributed by atoms with van der Waals surface area (Å²) in [4.78, 5) is 25.4. The molecule has 0 radical (unpaired) electrons. The van der Waals surface area contributed by atoms with Crippen molar-refractivity contribution in [2.24, 2.45) is 0 Å². The molecule has 1 aromatic carbocycles. The van der Waals surface area contributed by atoms with Crippen molar-refractivity contribution in [3.05, 3.63) is 47.6 Å². The molecule has 7 heteroatoms. The number of ketones is 1. The Bertz CT molecular complexity index is 752. The molecule has 0 fully saturated rings. The van der Waals surface area contributed by atoms with E-state index in [0.29, 0.717) is 17.7 Å². The number of fused-ring (bicyclic) bond motifs is 1. The molecule has 1 heterocycles. The summed E-state index contributed by atoms with van der Waals surface area (Å²) >= 11 is 0. The molecule has 158 valence electrons. The van der Waals surface area contributed by atoms with Crippen molar-refractivity contribution in [1.29, 1.82) is 0 Å². The summed E-state index contributed by atoms with van der Waals surface area (Å²) in [6, 6.07) is 3.20. The van der Waals surface area contributed by atoms with Crippen LogP contribution in [0.3, 0.4) is 0 Å². The lowest BCUT2D eigenvalue weighted by molar-refractivity contribution is -0.114. The lowest BCUT2D eigenvalue weighted by Crippen LogP contribution is -2.19. The van der Waals surface area contributed by atoms with E-state index in [-0.39, 0.29) is 43.2 Å². The maximum Gasteiger partial charge on any atom is 0.342 e. The monoisotopic (exact) mass is 404 g/mol. The van der Waals surface area contributed by atoms with Crippen molar-refractivity contribution in [1.82, 2.24) is 0 Å². The number of ether oxygens (including phenoxy) is 5. The largest absolute Gasteiger partial charge is 0.467 e. The van der Waals surface area contributed by atoms with Crippen molar-refractivity contribution in [3.63, 3.8) is 0 Å². The molecule has 29 heavy (non-hydrogen) atoms. The minimum absolute atomic E-state index is 0.0126. The van der Waals surface area contributed by atoms with E-state index in [9.17, 15) is 9.59 Å². The van der Waals surface area contributed by atoms with Crippen LogP contribution < -0.4 is 9.47 Å². The van der Waals surface area contributed by atoms with E-state index in [1.165, 1.54) is 20.3 Å². The first kappa shape index (κ1) is 22.6. The number of methoxy groups -OCH3 is 2. The van der Waals surface area contributed by atoms with Gasteiger partial charge < -0.3 is 23.7 Å². The third kappa shape index (κ3) is 7.36. The smallest absolute Gasteiger partial charge is 0.342 e. The van der Waals surface area contributed by atoms with E-state index in [1.54, 1.807) is 12.1 Å². The first-order valence-electron chi connectivity index (χ1n) is 9.51. The van der Waals surface area contributed by atoms with Crippen LogP contribution in [0.25, 0.3) is 0 Å². The minimum Gasteiger partial charge on any atom is -0.467 e. The third-order valence-corrected chi connectivity index (χ3v) is 4.15. The molecule has 0 saturated heterocycles. The summed E-state index contributed by atoms with van der Waals surface area (Å²) in [6.07, 6.45) is 9.26. The number of esters is 1. The van der Waals surface area contributed by atoms with E-state index in [0.717, 1.165) is 12.8 Å². The van der Waals surface area contributed by atoms with Crippen LogP contribution in [-0.2, 0) is 25.4 Å². The van der Waals surface area contributed by atoms with Crippen LogP contribution in [0.15, 0.2) is 36.4 Å². The van der Waals surface area contributed by atoms with Crippen LogP contribution in [0.2, 0.25) is 0 Å². The summed E-state index contributed by atoms with van der Waals surface area (Å²) in [7, 11) is 2.98. The number of hydrogen-bond donors (Lipinski definition) is 0. The normalized spacial score (nSPS) is 20.2. The minimum atomic E-state index is -0.556. The van der Waals surface area contributed by atoms with Gasteiger partial charge in [0.1, 0.15) is 23.2 Å². The zero-order valence-corrected chi connectivity index (χ0v) is 17.1. The number of cyclic esters (lactones) is 1. The molecular weight excluding hydrogens is 376 g/mol. The van der Waals surface area contributed by atoms with Gasteiger partial charge in [-0.2, -0.15) is 0 Å². The van der Waals surface area contributed by atoms with Crippen molar-refractivity contribution >= 4 is 11.8 Å². The Labute approximate surface area is 171 Å². The molecule has 1 aliphatic heterocycles. The predicted octanol–water partition coefficient (Wildman–Crippen LogP) is 3.61. The van der Waals surface area contributed by atoms with E-state index in [4.69, 9.17) is 23.7 Å². The molecule has 0 spiro atoms. The summed E-state index contributed by atoms with van der Waals surface area (Å²) in [5.41, 5.74) is 0.658. The fraction of sp³-hybridized carbons (Fsp3) is 0.455. The topological polar surface area (TPSA) is 80.3 Å². The van der Waals surface area contributed by atoms with Gasteiger partial charge in [0.25, 0.3) is 0 Å². The molecule has 1 aliphatic rings. The summed E-state index contributed by atoms with van der Waals surface area (Å²) in [5, 5.41) is 0. The number of hydrogen-bond acceptors (Lipinski definition) is 7. The van der Waals surface area contributed by atoms with Gasteiger partial charge in [-0.1, -0.05) is 18.2 Å². The SMILES string of the molecule is COCOc1cc2c(c(OCOC)c1)C(=O)O[C@@H](C)C/C=C/CC/C=C/C(=O)C2. The summed E-state index contributed by atoms with van der Waals surface area (Å²) < 4.78 is 26.6. The highest BCUT2D eigenvalue weighted by atomic mass is 16.7. The zero-order chi connectivity index (χ0) is 21.1. The Morgan fingerprint density at radius 3 is 2.48 bits per heavy atom. The number of benzene rings is 1. The van der Waals surface area contributed by atoms with Crippen LogP contribution in [-0.4, -0.2) is 45.7 Å². The highest BCUT2D eigenvalue weighted by Gasteiger charge is 2.24. The molecule has 0 bridgehead atoms. The number of rotatable bonds is 6. The van der Waals surface area contributed by atoms with E-state index in [2.05, 4.69) is 0 Å². The second kappa shape index (κ2) is 12.0. The van der Waals surface area contributed by atoms with Crippen LogP contribution in [0.1, 0.15) is 42.1 Å². The Morgan fingerprint density at radius 2 is 1.72 bits per heavy atom. The molecule has 0 amide bonds. The third-order valence-electron chi connectivity index (χ3n) is 4.15. The van der Waals surface area contributed by atoms with Crippen LogP contribution in [0.5, 0.6) is 11.5 Å². The highest BCUT2D eigenvalue weighted by Crippen LogP contribution is 2.31. The molecule has 0 saturated carbocycles. The fourth-order valence-corrected chi connectivity index (χ4v) is 2.81. The summed E-state index contributed by atoms with van der Waals surface area (Å²) in [6.45, 7) is 1.77. The van der Waals surface area contributed by atoms with Crippen molar-refractivity contribution in [2.45, 2.75) is 38.7 Å². The van der Waals surface area contributed by atoms with Crippen molar-refractivity contribution < 1.29 is 33.3 Å². The molecule has 7 nitrogen and oxygen atoms in total. The van der Waals surface area contributed by atoms with Gasteiger partial charge >= 0.3 is 5.97 Å². The lowest BCUT2D eigenvalue weighted by atomic mass is 10.00. The Morgan fingerprint density at radius 1 is 1.00 bits per heavy atom. The molecule has 0 aromatic heterocycles. The van der Waals surface area contributed by atoms with Gasteiger partial charge in [0, 0.05) is 33.1 Å². The quantitative estimate of drug-likeness (QED) is 0.407. The van der Waals surface area contributed by atoms with Gasteiger partial charge in [-0.05, 0) is 37.5 Å². The number of carbonyl (C=O) groups is 2. The first-order chi connectivity index (χ1) is 14.0. The Hall–Kier alpha value is -2.64. The Balaban J connectivity index is 2.48. The molecule has 1 aromatic rings. The van der Waals surface area contributed by atoms with Gasteiger partial charge in [-0.25, -0.2) is 4.79 Å². The fourth-order valence-electron chi connectivity index (χ4n) is 2.81. The van der Waals surface area contributed by atoms with Crippen LogP contribution >= 0.6 is 0 Å². The Kier molecular flexibility index (Phi) is 9.40. The van der Waals surface area contributed by atoms with Gasteiger partial charge in [0.2, 0.25) is 0 Å². The molecule has 0 unspecified atom stereocenters. The standard InChI is InChI=1S/C22H28O7/c1-16-9-7-5-4-6-8-10-18(23)11-17-12-19(27-14-25-2)13-20(28-15-26-3)21(17)22(24)29-16/h5,7-8,10,12-13,16H,4,6,9,11,14-15H2,1-3H3/b7-5+,10-8+/t16-/m0/s1. The van der Waals surface area contributed by atoms with Crippen LogP contribution in [0.4, 0.5) is 0 Å². The molecule has 2 rings (SSSR count). The highest BCUT2D eigenvalue weighted by molar-refractivity contribution is 5.98. The van der Waals surface area contributed by atoms with Gasteiger partial charge in [0.15, 0.2) is 19.4 Å². The summed E-state index contributed by atoms with van der Waals surface area (Å²) in [5.74, 6) is -0.0423. The van der Waals surface area contributed by atoms with E-state index >= 15 is 0 Å². The number of carbonyl (C=O) groups excluding carboxylic acids is 2. The average molecular weight is 404 g/mol. The van der Waals surface area contributed by atoms with E-state index < -0.39 is 5.97 Å². The van der Waals surface area contributed by atoms with Gasteiger partial charge in [-0.3, -0.25) is 4.79 Å². The molecule has 0 aliphatic carbocycles. The van der Waals surface area contributed by atoms with Gasteiger partial charge in [0.05, 0.1) is 0 Å². The second-order valence-electron chi connectivity index (χ2n) is 6.60. The van der Waals surface area contributed by atoms with Gasteiger partial charge in [-0.15, -0.1) is 0 Å². The average Bonchev–Trinajstić information content (AvgIpc) is 2.69. The maximum atomic E-state index is 12.9. The predicted molar refractivity (Wildman–Crippen MR) is 107 cm³/mol. The van der Waals surface area contributed by atoms with Crippen LogP contribution in [0, 0.1) is 0 Å². The first-order valence-corrected chi connectivity index (χ1v) is 9.51. The zero-order valence-electron chi connectivity index (χ0n) is 17.1. The molecular formula is C22H28O7. The van der Waals surface area contributed by atoms with Crippen molar-refractivity contribution in [3.8, 4) is 11.5 Å². The molecule has 1 atom stereocenters. The maximum absolute atomic E-state index is 12.9. The van der Waals surface area contributed by atoms with Crippen molar-refractivity contribution in [2.75, 3.05) is 27.8 Å². The van der Waals surface area contributed by atoms with E-state index in [1.807, 2.05) is 25.2 Å². The second-order valence-corrected chi connectivity index (χ2v) is 6.60. The molecule has 0 N–H and O–H groups in total.